The highest BCUT2D eigenvalue weighted by molar-refractivity contribution is 7.54. The van der Waals surface area contributed by atoms with Gasteiger partial charge in [-0.3, -0.25) is 4.90 Å². The van der Waals surface area contributed by atoms with Crippen LogP contribution < -0.4 is 15.0 Å². The first-order valence-electron chi connectivity index (χ1n) is 9.15. The molecule has 0 fully saturated rings. The van der Waals surface area contributed by atoms with Gasteiger partial charge in [-0.1, -0.05) is 30.3 Å². The predicted octanol–water partition coefficient (Wildman–Crippen LogP) is 6.29. The molecule has 0 bridgehead atoms. The first-order valence-corrected chi connectivity index (χ1v) is 10.4. The average molecular weight is 418 g/mol. The third-order valence-electron chi connectivity index (χ3n) is 4.90. The van der Waals surface area contributed by atoms with Crippen molar-refractivity contribution in [3.8, 4) is 11.5 Å². The molecule has 148 valence electrons. The largest absolute Gasteiger partial charge is 0.554 e. The van der Waals surface area contributed by atoms with Crippen molar-refractivity contribution in [2.24, 2.45) is 0 Å². The maximum Gasteiger partial charge on any atom is 0.554 e. The summed E-state index contributed by atoms with van der Waals surface area (Å²) >= 11 is 0. The van der Waals surface area contributed by atoms with Crippen LogP contribution in [0.1, 0.15) is 5.56 Å². The number of carboxylic acid groups (broad SMARTS) is 1. The van der Waals surface area contributed by atoms with Crippen LogP contribution in [0.3, 0.4) is 0 Å². The number of hydrogen-bond acceptors (Lipinski definition) is 4. The van der Waals surface area contributed by atoms with Gasteiger partial charge in [-0.25, -0.2) is 9.78 Å². The van der Waals surface area contributed by atoms with E-state index in [1.807, 2.05) is 43.3 Å². The number of thiophene rings is 1. The molecular weight excluding hydrogens is 402 g/mol. The summed E-state index contributed by atoms with van der Waals surface area (Å²) in [4.78, 5) is 30.9. The van der Waals surface area contributed by atoms with E-state index in [0.29, 0.717) is 38.8 Å². The van der Waals surface area contributed by atoms with Gasteiger partial charge in [-0.2, -0.15) is 4.79 Å². The van der Waals surface area contributed by atoms with Crippen LogP contribution in [0.2, 0.25) is 0 Å². The number of ether oxygens (including phenoxy) is 1. The lowest BCUT2D eigenvalue weighted by molar-refractivity contribution is 0.221. The summed E-state index contributed by atoms with van der Waals surface area (Å²) in [6.07, 6.45) is 1.53. The molecule has 0 aliphatic carbocycles. The Morgan fingerprint density at radius 1 is 1.07 bits per heavy atom. The summed E-state index contributed by atoms with van der Waals surface area (Å²) in [6.45, 7) is 1.95. The third kappa shape index (κ3) is 2.77. The molecule has 3 heterocycles. The van der Waals surface area contributed by atoms with Gasteiger partial charge in [0.05, 0.1) is 11.4 Å². The maximum absolute atomic E-state index is 13.1. The van der Waals surface area contributed by atoms with Gasteiger partial charge in [0.2, 0.25) is 0 Å². The quantitative estimate of drug-likeness (QED) is 0.380. The van der Waals surface area contributed by atoms with Gasteiger partial charge >= 0.3 is 11.3 Å². The lowest BCUT2D eigenvalue weighted by Gasteiger charge is -2.28. The molecule has 2 aromatic heterocycles. The normalized spacial score (nSPS) is 13.3. The van der Waals surface area contributed by atoms with Gasteiger partial charge < -0.3 is 15.2 Å². The summed E-state index contributed by atoms with van der Waals surface area (Å²) in [5.74, 6) is 1.20. The average Bonchev–Trinajstić information content (AvgIpc) is 3.11. The number of aromatic nitrogens is 1. The summed E-state index contributed by atoms with van der Waals surface area (Å²) in [5.41, 5.74) is 2.58. The smallest absolute Gasteiger partial charge is 0.455 e. The number of nitrogens with one attached hydrogen (secondary N) is 1. The second-order valence-electron chi connectivity index (χ2n) is 6.75. The van der Waals surface area contributed by atoms with Crippen molar-refractivity contribution >= 4 is 49.1 Å². The van der Waals surface area contributed by atoms with Crippen LogP contribution in [0.4, 0.5) is 26.7 Å². The number of nitrogens with zero attached hydrogens (tertiary/aromatic N) is 2. The zero-order valence-electron chi connectivity index (χ0n) is 15.8. The van der Waals surface area contributed by atoms with Crippen LogP contribution in [0, 0.1) is 6.92 Å². The van der Waals surface area contributed by atoms with E-state index >= 15 is 0 Å². The predicted molar refractivity (Wildman–Crippen MR) is 116 cm³/mol. The van der Waals surface area contributed by atoms with Gasteiger partial charge in [-0.05, 0) is 36.8 Å². The van der Waals surface area contributed by atoms with Gasteiger partial charge in [0, 0.05) is 6.20 Å². The van der Waals surface area contributed by atoms with E-state index in [1.165, 1.54) is 11.1 Å². The molecule has 1 aliphatic heterocycles. The Kier molecular flexibility index (Phi) is 4.14. The standard InChI is InChI=1S/C22H15N3O4S/c1-13-6-2-4-8-17(13)29-18-9-5-3-7-15(18)25-16-10-11-23-20-19(16)14(24-21(25)26)12-30(20)22(27)28/h2-12H,1H3,(H-,24,26,27,28)/p+1. The molecule has 0 saturated heterocycles. The Morgan fingerprint density at radius 3 is 2.57 bits per heavy atom. The van der Waals surface area contributed by atoms with E-state index in [2.05, 4.69) is 10.3 Å². The number of anilines is 3. The highest BCUT2D eigenvalue weighted by Gasteiger charge is 2.37. The van der Waals surface area contributed by atoms with Gasteiger partial charge in [0.15, 0.2) is 11.1 Å². The number of rotatable bonds is 4. The Hall–Kier alpha value is -3.91. The second kappa shape index (κ2) is 6.85. The Bertz CT molecular complexity index is 1330. The number of para-hydroxylation sites is 3. The van der Waals surface area contributed by atoms with Crippen LogP contribution >= 0.6 is 10.5 Å². The number of hydrogen-bond donors (Lipinski definition) is 2. The van der Waals surface area contributed by atoms with E-state index in [1.54, 1.807) is 23.6 Å². The van der Waals surface area contributed by atoms with Gasteiger partial charge in [0.25, 0.3) is 4.83 Å². The molecule has 1 aliphatic rings. The summed E-state index contributed by atoms with van der Waals surface area (Å²) in [5, 5.41) is 13.6. The molecule has 0 saturated carbocycles. The molecule has 2 aromatic carbocycles. The number of benzene rings is 2. The maximum atomic E-state index is 13.1. The van der Waals surface area contributed by atoms with E-state index in [0.717, 1.165) is 5.56 Å². The summed E-state index contributed by atoms with van der Waals surface area (Å²) in [7, 11) is -1.21. The van der Waals surface area contributed by atoms with Crippen molar-refractivity contribution in [3.63, 3.8) is 0 Å². The van der Waals surface area contributed by atoms with Crippen molar-refractivity contribution in [1.29, 1.82) is 0 Å². The van der Waals surface area contributed by atoms with Gasteiger partial charge in [0.1, 0.15) is 27.3 Å². The number of amides is 2. The molecular formula is C22H16N3O4S+. The van der Waals surface area contributed by atoms with Crippen molar-refractivity contribution in [2.45, 2.75) is 6.92 Å². The van der Waals surface area contributed by atoms with Crippen molar-refractivity contribution in [3.05, 3.63) is 71.7 Å². The lowest BCUT2D eigenvalue weighted by Crippen LogP contribution is -2.33. The first-order chi connectivity index (χ1) is 14.5. The molecule has 0 spiro atoms. The fourth-order valence-electron chi connectivity index (χ4n) is 3.53. The van der Waals surface area contributed by atoms with E-state index in [-0.39, 0.29) is 6.03 Å². The lowest BCUT2D eigenvalue weighted by atomic mass is 10.1. The Balaban J connectivity index is 1.68. The first kappa shape index (κ1) is 18.1. The van der Waals surface area contributed by atoms with Crippen LogP contribution in [0.15, 0.2) is 66.2 Å². The molecule has 2 N–H and O–H groups in total. The number of urea groups is 1. The number of carbonyl (C=O) groups is 2. The molecule has 0 radical (unpaired) electrons. The highest BCUT2D eigenvalue weighted by atomic mass is 32.2. The minimum absolute atomic E-state index is 0.387. The monoisotopic (exact) mass is 418 g/mol. The van der Waals surface area contributed by atoms with Crippen molar-refractivity contribution < 1.29 is 19.4 Å². The molecule has 2 amide bonds. The molecule has 1 atom stereocenters. The zero-order valence-corrected chi connectivity index (χ0v) is 16.6. The van der Waals surface area contributed by atoms with Crippen molar-refractivity contribution in [1.82, 2.24) is 4.98 Å². The second-order valence-corrected chi connectivity index (χ2v) is 8.39. The minimum atomic E-state index is -1.21. The minimum Gasteiger partial charge on any atom is -0.455 e. The number of carbonyl (C=O) groups excluding carboxylic acids is 1. The Labute approximate surface area is 174 Å². The SMILES string of the molecule is Cc1ccccc1Oc1ccccc1N1C(=O)Nc2c[s+](C(=O)O)c3nccc1c23. The molecule has 7 nitrogen and oxygen atoms in total. The fraction of sp³-hybridized carbons (Fsp3) is 0.0455. The molecule has 1 unspecified atom stereocenters. The topological polar surface area (TPSA) is 91.8 Å². The highest BCUT2D eigenvalue weighted by Crippen LogP contribution is 2.48. The van der Waals surface area contributed by atoms with E-state index < -0.39 is 15.8 Å². The third-order valence-corrected chi connectivity index (χ3v) is 6.47. The molecule has 4 aromatic rings. The molecule has 5 rings (SSSR count). The Morgan fingerprint density at radius 2 is 1.80 bits per heavy atom. The summed E-state index contributed by atoms with van der Waals surface area (Å²) in [6, 6.07) is 16.2. The van der Waals surface area contributed by atoms with Crippen LogP contribution in [0.5, 0.6) is 11.5 Å². The molecule has 30 heavy (non-hydrogen) atoms. The number of pyridine rings is 1. The van der Waals surface area contributed by atoms with Crippen LogP contribution in [-0.4, -0.2) is 21.4 Å². The number of aryl methyl sites for hydroxylation is 1. The van der Waals surface area contributed by atoms with E-state index in [9.17, 15) is 14.7 Å². The summed E-state index contributed by atoms with van der Waals surface area (Å²) < 4.78 is 6.14. The van der Waals surface area contributed by atoms with Crippen molar-refractivity contribution in [2.75, 3.05) is 10.2 Å². The van der Waals surface area contributed by atoms with Gasteiger partial charge in [-0.15, -0.1) is 0 Å². The molecule has 8 heteroatoms. The van der Waals surface area contributed by atoms with Crippen LogP contribution in [0.25, 0.3) is 10.2 Å². The van der Waals surface area contributed by atoms with E-state index in [4.69, 9.17) is 4.74 Å². The zero-order chi connectivity index (χ0) is 20.8. The van der Waals surface area contributed by atoms with Crippen LogP contribution in [-0.2, 0) is 0 Å². The fourth-order valence-corrected chi connectivity index (χ4v) is 4.93.